The third-order valence-electron chi connectivity index (χ3n) is 6.55. The highest BCUT2D eigenvalue weighted by Gasteiger charge is 2.24. The molecule has 1 aliphatic rings. The number of H-pyrrole nitrogens is 1. The molecule has 35 heavy (non-hydrogen) atoms. The number of carbonyl (C=O) groups is 1. The second kappa shape index (κ2) is 10.1. The molecule has 6 nitrogen and oxygen atoms in total. The van der Waals surface area contributed by atoms with Crippen LogP contribution in [0.15, 0.2) is 60.8 Å². The van der Waals surface area contributed by atoms with E-state index in [0.717, 1.165) is 53.0 Å². The van der Waals surface area contributed by atoms with Gasteiger partial charge in [0, 0.05) is 59.4 Å². The molecule has 1 N–H and O–H groups in total. The van der Waals surface area contributed by atoms with Gasteiger partial charge in [-0.15, -0.1) is 0 Å². The van der Waals surface area contributed by atoms with Crippen molar-refractivity contribution in [2.75, 3.05) is 26.7 Å². The lowest BCUT2D eigenvalue weighted by Crippen LogP contribution is -2.33. The van der Waals surface area contributed by atoms with Gasteiger partial charge >= 0.3 is 0 Å². The van der Waals surface area contributed by atoms with Crippen LogP contribution in [0.2, 0.25) is 5.02 Å². The molecule has 0 unspecified atom stereocenters. The van der Waals surface area contributed by atoms with Crippen molar-refractivity contribution in [3.63, 3.8) is 0 Å². The number of carbonyl (C=O) groups excluding carboxylic acids is 1. The van der Waals surface area contributed by atoms with Gasteiger partial charge in [0.2, 0.25) is 0 Å². The summed E-state index contributed by atoms with van der Waals surface area (Å²) in [5, 5.41) is 1.64. The van der Waals surface area contributed by atoms with Crippen LogP contribution in [0.3, 0.4) is 0 Å². The molecular formula is C28H29ClN4O2. The normalized spacial score (nSPS) is 13.5. The zero-order valence-corrected chi connectivity index (χ0v) is 20.8. The van der Waals surface area contributed by atoms with Gasteiger partial charge in [-0.25, -0.2) is 0 Å². The smallest absolute Gasteiger partial charge is 0.271 e. The Morgan fingerprint density at radius 3 is 2.91 bits per heavy atom. The zero-order valence-electron chi connectivity index (χ0n) is 20.1. The number of hydrogen-bond donors (Lipinski definition) is 1. The largest absolute Gasteiger partial charge is 0.491 e. The van der Waals surface area contributed by atoms with Gasteiger partial charge < -0.3 is 19.5 Å². The second-order valence-corrected chi connectivity index (χ2v) is 9.58. The summed E-state index contributed by atoms with van der Waals surface area (Å²) in [5.74, 6) is 0.824. The molecule has 2 aromatic carbocycles. The van der Waals surface area contributed by atoms with Gasteiger partial charge in [-0.3, -0.25) is 9.78 Å². The number of aromatic nitrogens is 2. The van der Waals surface area contributed by atoms with Gasteiger partial charge in [0.25, 0.3) is 5.91 Å². The monoisotopic (exact) mass is 488 g/mol. The quantitative estimate of drug-likeness (QED) is 0.403. The van der Waals surface area contributed by atoms with Crippen molar-refractivity contribution < 1.29 is 9.53 Å². The molecular weight excluding hydrogens is 460 g/mol. The van der Waals surface area contributed by atoms with Crippen molar-refractivity contribution >= 4 is 28.4 Å². The molecule has 1 aliphatic heterocycles. The zero-order chi connectivity index (χ0) is 24.4. The van der Waals surface area contributed by atoms with Crippen LogP contribution >= 0.6 is 11.6 Å². The van der Waals surface area contributed by atoms with Crippen LogP contribution in [0.5, 0.6) is 5.75 Å². The molecule has 4 aromatic rings. The maximum absolute atomic E-state index is 13.5. The number of likely N-dealkylation sites (N-methyl/N-ethyl adjacent to an activating group) is 1. The fourth-order valence-corrected chi connectivity index (χ4v) is 4.80. The minimum absolute atomic E-state index is 0.0239. The molecule has 0 radical (unpaired) electrons. The summed E-state index contributed by atoms with van der Waals surface area (Å²) in [6.07, 6.45) is 2.74. The molecule has 0 fully saturated rings. The summed E-state index contributed by atoms with van der Waals surface area (Å²) in [6, 6.07) is 18.0. The highest BCUT2D eigenvalue weighted by molar-refractivity contribution is 6.31. The van der Waals surface area contributed by atoms with E-state index in [0.29, 0.717) is 30.4 Å². The maximum atomic E-state index is 13.5. The van der Waals surface area contributed by atoms with E-state index in [9.17, 15) is 4.79 Å². The van der Waals surface area contributed by atoms with E-state index in [1.165, 1.54) is 5.56 Å². The molecule has 0 spiro atoms. The summed E-state index contributed by atoms with van der Waals surface area (Å²) < 4.78 is 5.99. The molecule has 0 saturated heterocycles. The summed E-state index contributed by atoms with van der Waals surface area (Å²) >= 11 is 6.18. The molecule has 5 rings (SSSR count). The molecule has 180 valence electrons. The average Bonchev–Trinajstić information content (AvgIpc) is 3.04. The molecule has 3 heterocycles. The first-order valence-electron chi connectivity index (χ1n) is 11.9. The van der Waals surface area contributed by atoms with E-state index in [2.05, 4.69) is 40.1 Å². The topological polar surface area (TPSA) is 61.5 Å². The summed E-state index contributed by atoms with van der Waals surface area (Å²) in [7, 11) is 2.12. The Bertz CT molecular complexity index is 1350. The van der Waals surface area contributed by atoms with Crippen LogP contribution in [0.4, 0.5) is 0 Å². The second-order valence-electron chi connectivity index (χ2n) is 9.14. The number of benzene rings is 2. The molecule has 0 bridgehead atoms. The predicted molar refractivity (Wildman–Crippen MR) is 139 cm³/mol. The summed E-state index contributed by atoms with van der Waals surface area (Å²) in [6.45, 7) is 5.20. The first-order valence-corrected chi connectivity index (χ1v) is 12.3. The van der Waals surface area contributed by atoms with Gasteiger partial charge in [0.15, 0.2) is 0 Å². The number of nitrogens with one attached hydrogen (secondary N) is 1. The van der Waals surface area contributed by atoms with Crippen molar-refractivity contribution in [2.45, 2.75) is 26.4 Å². The Morgan fingerprint density at radius 2 is 2.09 bits per heavy atom. The number of pyridine rings is 1. The van der Waals surface area contributed by atoms with Crippen LogP contribution in [0, 0.1) is 6.92 Å². The number of aromatic amines is 1. The first-order chi connectivity index (χ1) is 17.0. The van der Waals surface area contributed by atoms with E-state index < -0.39 is 0 Å². The molecule has 0 atom stereocenters. The summed E-state index contributed by atoms with van der Waals surface area (Å²) in [5.41, 5.74) is 5.76. The molecule has 1 amide bonds. The Balaban J connectivity index is 1.30. The molecule has 7 heteroatoms. The van der Waals surface area contributed by atoms with Gasteiger partial charge in [-0.05, 0) is 67.6 Å². The molecule has 2 aromatic heterocycles. The number of nitrogens with zero attached hydrogens (tertiary/aromatic N) is 3. The van der Waals surface area contributed by atoms with E-state index in [1.54, 1.807) is 0 Å². The lowest BCUT2D eigenvalue weighted by atomic mass is 10.1. The van der Waals surface area contributed by atoms with E-state index in [-0.39, 0.29) is 5.91 Å². The maximum Gasteiger partial charge on any atom is 0.271 e. The molecule has 0 aliphatic carbocycles. The molecule has 0 saturated carbocycles. The standard InChI is InChI=1S/C28H29ClN4O2/c1-19-24-16-22(29)7-8-25(24)31-27(19)28(34)33-13-14-35-26-9-6-20(15-21(26)18-33)17-32(2)12-10-23-5-3-4-11-30-23/h3-9,11,15-16,31H,10,12-14,17-18H2,1-2H3. The first kappa shape index (κ1) is 23.4. The van der Waals surface area contributed by atoms with E-state index >= 15 is 0 Å². The van der Waals surface area contributed by atoms with Crippen molar-refractivity contribution in [2.24, 2.45) is 0 Å². The minimum Gasteiger partial charge on any atom is -0.491 e. The van der Waals surface area contributed by atoms with Gasteiger partial charge in [-0.1, -0.05) is 23.7 Å². The highest BCUT2D eigenvalue weighted by Crippen LogP contribution is 2.29. The van der Waals surface area contributed by atoms with Crippen LogP contribution in [-0.4, -0.2) is 52.4 Å². The Kier molecular flexibility index (Phi) is 6.75. The minimum atomic E-state index is -0.0239. The van der Waals surface area contributed by atoms with E-state index in [4.69, 9.17) is 16.3 Å². The number of hydrogen-bond acceptors (Lipinski definition) is 4. The van der Waals surface area contributed by atoms with Gasteiger partial charge in [0.05, 0.1) is 6.54 Å². The lowest BCUT2D eigenvalue weighted by Gasteiger charge is -2.20. The van der Waals surface area contributed by atoms with Crippen molar-refractivity contribution in [1.82, 2.24) is 19.8 Å². The number of fused-ring (bicyclic) bond motifs is 2. The highest BCUT2D eigenvalue weighted by atomic mass is 35.5. The number of rotatable bonds is 6. The number of aryl methyl sites for hydroxylation is 1. The van der Waals surface area contributed by atoms with Crippen molar-refractivity contribution in [3.05, 3.63) is 93.9 Å². The van der Waals surface area contributed by atoms with E-state index in [1.807, 2.05) is 54.4 Å². The number of halogens is 1. The van der Waals surface area contributed by atoms with Crippen molar-refractivity contribution in [3.8, 4) is 5.75 Å². The predicted octanol–water partition coefficient (Wildman–Crippen LogP) is 5.23. The Labute approximate surface area is 210 Å². The number of ether oxygens (including phenoxy) is 1. The summed E-state index contributed by atoms with van der Waals surface area (Å²) in [4.78, 5) is 25.4. The fourth-order valence-electron chi connectivity index (χ4n) is 4.63. The van der Waals surface area contributed by atoms with Crippen LogP contribution < -0.4 is 4.74 Å². The van der Waals surface area contributed by atoms with Crippen molar-refractivity contribution in [1.29, 1.82) is 0 Å². The van der Waals surface area contributed by atoms with Gasteiger partial charge in [-0.2, -0.15) is 0 Å². The fraction of sp³-hybridized carbons (Fsp3) is 0.286. The average molecular weight is 489 g/mol. The Hall–Kier alpha value is -3.35. The van der Waals surface area contributed by atoms with Gasteiger partial charge in [0.1, 0.15) is 18.1 Å². The lowest BCUT2D eigenvalue weighted by molar-refractivity contribution is 0.0727. The SMILES string of the molecule is Cc1c(C(=O)N2CCOc3ccc(CN(C)CCc4ccccn4)cc3C2)[nH]c2ccc(Cl)cc12. The van der Waals surface area contributed by atoms with Crippen LogP contribution in [0.25, 0.3) is 10.9 Å². The third-order valence-corrected chi connectivity index (χ3v) is 6.79. The number of amides is 1. The Morgan fingerprint density at radius 1 is 1.20 bits per heavy atom. The third kappa shape index (κ3) is 5.19. The van der Waals surface area contributed by atoms with Crippen LogP contribution in [-0.2, 0) is 19.5 Å². The van der Waals surface area contributed by atoms with Crippen LogP contribution in [0.1, 0.15) is 32.9 Å².